The number of nitrogens with one attached hydrogen (secondary N) is 2. The van der Waals surface area contributed by atoms with Crippen molar-refractivity contribution in [1.29, 1.82) is 0 Å². The maximum Gasteiger partial charge on any atom is 0.229 e. The number of aromatic nitrogens is 3. The van der Waals surface area contributed by atoms with Crippen molar-refractivity contribution < 1.29 is 4.74 Å². The number of hydrogen-bond donors (Lipinski definition) is 2. The quantitative estimate of drug-likeness (QED) is 0.853. The molecule has 2 heterocycles. The summed E-state index contributed by atoms with van der Waals surface area (Å²) in [4.78, 5) is 12.4. The van der Waals surface area contributed by atoms with Crippen LogP contribution in [0.4, 0.5) is 11.9 Å². The molecule has 1 fully saturated rings. The Bertz CT molecular complexity index is 408. The Labute approximate surface area is 112 Å². The molecule has 0 spiro atoms. The van der Waals surface area contributed by atoms with Gasteiger partial charge in [0.15, 0.2) is 0 Å². The first-order valence-corrected chi connectivity index (χ1v) is 6.50. The maximum atomic E-state index is 5.89. The highest BCUT2D eigenvalue weighted by atomic mass is 35.5. The number of ether oxygens (including phenoxy) is 1. The Hall–Kier alpha value is -1.14. The molecule has 100 valence electrons. The minimum Gasteiger partial charge on any atom is -0.379 e. The lowest BCUT2D eigenvalue weighted by Crippen LogP contribution is -2.35. The van der Waals surface area contributed by atoms with Crippen molar-refractivity contribution >= 4 is 23.5 Å². The van der Waals surface area contributed by atoms with Crippen molar-refractivity contribution in [2.75, 3.05) is 30.4 Å². The van der Waals surface area contributed by atoms with Gasteiger partial charge >= 0.3 is 0 Å². The van der Waals surface area contributed by atoms with Gasteiger partial charge in [-0.2, -0.15) is 15.0 Å². The molecule has 0 amide bonds. The minimum atomic E-state index is -0.132. The molecular weight excluding hydrogens is 254 g/mol. The second kappa shape index (κ2) is 5.67. The SMILES string of the molecule is CCCNc1nc(Cl)nc(NC2(C)CCOC2)n1. The van der Waals surface area contributed by atoms with Gasteiger partial charge in [0.25, 0.3) is 0 Å². The van der Waals surface area contributed by atoms with Crippen molar-refractivity contribution in [2.24, 2.45) is 0 Å². The summed E-state index contributed by atoms with van der Waals surface area (Å²) >= 11 is 5.89. The predicted octanol–water partition coefficient (Wildman–Crippen LogP) is 1.94. The van der Waals surface area contributed by atoms with E-state index in [9.17, 15) is 0 Å². The Morgan fingerprint density at radius 1 is 1.33 bits per heavy atom. The molecule has 0 bridgehead atoms. The molecular formula is C11H18ClN5O. The summed E-state index contributed by atoms with van der Waals surface area (Å²) in [5.74, 6) is 0.989. The molecule has 1 unspecified atom stereocenters. The number of halogens is 1. The van der Waals surface area contributed by atoms with E-state index in [1.54, 1.807) is 0 Å². The highest BCUT2D eigenvalue weighted by molar-refractivity contribution is 6.28. The van der Waals surface area contributed by atoms with Crippen LogP contribution in [0.1, 0.15) is 26.7 Å². The van der Waals surface area contributed by atoms with Gasteiger partial charge in [0.1, 0.15) is 0 Å². The zero-order chi connectivity index (χ0) is 13.0. The highest BCUT2D eigenvalue weighted by Crippen LogP contribution is 2.22. The lowest BCUT2D eigenvalue weighted by Gasteiger charge is -2.23. The largest absolute Gasteiger partial charge is 0.379 e. The van der Waals surface area contributed by atoms with Gasteiger partial charge in [-0.3, -0.25) is 0 Å². The molecule has 1 aromatic rings. The zero-order valence-electron chi connectivity index (χ0n) is 10.7. The van der Waals surface area contributed by atoms with E-state index in [0.29, 0.717) is 18.5 Å². The topological polar surface area (TPSA) is 72.0 Å². The van der Waals surface area contributed by atoms with Gasteiger partial charge in [-0.15, -0.1) is 0 Å². The van der Waals surface area contributed by atoms with Gasteiger partial charge in [0, 0.05) is 13.2 Å². The first-order valence-electron chi connectivity index (χ1n) is 6.13. The maximum absolute atomic E-state index is 5.89. The van der Waals surface area contributed by atoms with Crippen LogP contribution in [0.25, 0.3) is 0 Å². The molecule has 0 radical (unpaired) electrons. The third-order valence-electron chi connectivity index (χ3n) is 2.77. The summed E-state index contributed by atoms with van der Waals surface area (Å²) in [5, 5.41) is 6.55. The smallest absolute Gasteiger partial charge is 0.229 e. The average molecular weight is 272 g/mol. The second-order valence-corrected chi connectivity index (χ2v) is 5.00. The second-order valence-electron chi connectivity index (χ2n) is 4.67. The summed E-state index contributed by atoms with van der Waals surface area (Å²) in [5.41, 5.74) is -0.132. The van der Waals surface area contributed by atoms with Crippen molar-refractivity contribution in [2.45, 2.75) is 32.2 Å². The van der Waals surface area contributed by atoms with E-state index in [0.717, 1.165) is 26.0 Å². The molecule has 2 rings (SSSR count). The number of anilines is 2. The molecule has 1 aliphatic rings. The van der Waals surface area contributed by atoms with Crippen LogP contribution in [-0.2, 0) is 4.74 Å². The van der Waals surface area contributed by atoms with Crippen LogP contribution in [0.3, 0.4) is 0 Å². The highest BCUT2D eigenvalue weighted by Gasteiger charge is 2.30. The van der Waals surface area contributed by atoms with Gasteiger partial charge in [-0.1, -0.05) is 6.92 Å². The van der Waals surface area contributed by atoms with E-state index >= 15 is 0 Å². The summed E-state index contributed by atoms with van der Waals surface area (Å²) in [6.45, 7) is 6.36. The molecule has 1 aliphatic heterocycles. The fraction of sp³-hybridized carbons (Fsp3) is 0.727. The van der Waals surface area contributed by atoms with Crippen molar-refractivity contribution in [3.8, 4) is 0 Å². The van der Waals surface area contributed by atoms with Gasteiger partial charge < -0.3 is 15.4 Å². The van der Waals surface area contributed by atoms with Crippen molar-refractivity contribution in [3.05, 3.63) is 5.28 Å². The van der Waals surface area contributed by atoms with E-state index < -0.39 is 0 Å². The Morgan fingerprint density at radius 3 is 2.78 bits per heavy atom. The molecule has 1 saturated heterocycles. The molecule has 0 aliphatic carbocycles. The molecule has 18 heavy (non-hydrogen) atoms. The Kier molecular flexibility index (Phi) is 4.19. The first-order chi connectivity index (χ1) is 8.61. The van der Waals surface area contributed by atoms with Crippen molar-refractivity contribution in [1.82, 2.24) is 15.0 Å². The lowest BCUT2D eigenvalue weighted by molar-refractivity contribution is 0.185. The molecule has 1 atom stereocenters. The van der Waals surface area contributed by atoms with E-state index in [-0.39, 0.29) is 10.8 Å². The van der Waals surface area contributed by atoms with Crippen LogP contribution in [0.5, 0.6) is 0 Å². The van der Waals surface area contributed by atoms with E-state index in [1.165, 1.54) is 0 Å². The minimum absolute atomic E-state index is 0.132. The van der Waals surface area contributed by atoms with Crippen molar-refractivity contribution in [3.63, 3.8) is 0 Å². The monoisotopic (exact) mass is 271 g/mol. The summed E-state index contributed by atoms with van der Waals surface area (Å²) in [7, 11) is 0. The van der Waals surface area contributed by atoms with Gasteiger partial charge in [0.05, 0.1) is 12.1 Å². The molecule has 1 aromatic heterocycles. The van der Waals surface area contributed by atoms with Crippen LogP contribution in [0, 0.1) is 0 Å². The fourth-order valence-corrected chi connectivity index (χ4v) is 1.92. The summed E-state index contributed by atoms with van der Waals surface area (Å²) in [6, 6.07) is 0. The third-order valence-corrected chi connectivity index (χ3v) is 2.94. The summed E-state index contributed by atoms with van der Waals surface area (Å²) in [6.07, 6.45) is 1.92. The third kappa shape index (κ3) is 3.43. The van der Waals surface area contributed by atoms with Gasteiger partial charge in [-0.25, -0.2) is 0 Å². The normalized spacial score (nSPS) is 23.1. The molecule has 0 saturated carbocycles. The van der Waals surface area contributed by atoms with Gasteiger partial charge in [0.2, 0.25) is 17.2 Å². The molecule has 0 aromatic carbocycles. The standard InChI is InChI=1S/C11H18ClN5O/c1-3-5-13-9-14-8(12)15-10(16-9)17-11(2)4-6-18-7-11/h3-7H2,1-2H3,(H2,13,14,15,16,17). The van der Waals surface area contributed by atoms with Crippen LogP contribution in [0.15, 0.2) is 0 Å². The van der Waals surface area contributed by atoms with E-state index in [1.807, 2.05) is 0 Å². The Morgan fingerprint density at radius 2 is 2.11 bits per heavy atom. The number of nitrogens with zero attached hydrogens (tertiary/aromatic N) is 3. The fourth-order valence-electron chi connectivity index (χ4n) is 1.76. The first kappa shape index (κ1) is 13.3. The van der Waals surface area contributed by atoms with Crippen LogP contribution in [-0.4, -0.2) is 40.2 Å². The Balaban J connectivity index is 2.09. The van der Waals surface area contributed by atoms with Crippen LogP contribution >= 0.6 is 11.6 Å². The lowest BCUT2D eigenvalue weighted by atomic mass is 10.0. The summed E-state index contributed by atoms with van der Waals surface area (Å²) < 4.78 is 5.38. The molecule has 6 nitrogen and oxygen atoms in total. The molecule has 2 N–H and O–H groups in total. The van der Waals surface area contributed by atoms with Crippen LogP contribution in [0.2, 0.25) is 5.28 Å². The predicted molar refractivity (Wildman–Crippen MR) is 71.1 cm³/mol. The average Bonchev–Trinajstić information content (AvgIpc) is 2.72. The zero-order valence-corrected chi connectivity index (χ0v) is 11.4. The van der Waals surface area contributed by atoms with Crippen LogP contribution < -0.4 is 10.6 Å². The van der Waals surface area contributed by atoms with E-state index in [2.05, 4.69) is 39.4 Å². The number of hydrogen-bond acceptors (Lipinski definition) is 6. The molecule has 7 heteroatoms. The number of rotatable bonds is 5. The van der Waals surface area contributed by atoms with E-state index in [4.69, 9.17) is 16.3 Å². The van der Waals surface area contributed by atoms with Gasteiger partial charge in [-0.05, 0) is 31.4 Å².